The summed E-state index contributed by atoms with van der Waals surface area (Å²) in [6, 6.07) is 7.42. The second-order valence-corrected chi connectivity index (χ2v) is 9.26. The Bertz CT molecular complexity index is 1630. The maximum Gasteiger partial charge on any atom is 0.573 e. The van der Waals surface area contributed by atoms with E-state index in [-0.39, 0.29) is 34.9 Å². The Hall–Kier alpha value is -5.19. The first-order valence-electron chi connectivity index (χ1n) is 12.4. The zero-order valence-corrected chi connectivity index (χ0v) is 22.6. The fraction of sp³-hybridized carbons (Fsp3) is 0.172. The van der Waals surface area contributed by atoms with Gasteiger partial charge in [-0.3, -0.25) is 14.4 Å². The third kappa shape index (κ3) is 9.40. The van der Waals surface area contributed by atoms with Gasteiger partial charge in [0.15, 0.2) is 17.7 Å². The number of nitrogens with one attached hydrogen (secondary N) is 1. The van der Waals surface area contributed by atoms with E-state index in [0.717, 1.165) is 48.5 Å². The first-order valence-corrected chi connectivity index (χ1v) is 12.4. The van der Waals surface area contributed by atoms with Crippen molar-refractivity contribution in [2.75, 3.05) is 6.54 Å². The summed E-state index contributed by atoms with van der Waals surface area (Å²) in [6.07, 6.45) is -17.2. The average Bonchev–Trinajstić information content (AvgIpc) is 2.96. The molecule has 1 amide bonds. The Morgan fingerprint density at radius 2 is 1.20 bits per heavy atom. The van der Waals surface area contributed by atoms with Crippen LogP contribution in [0.15, 0.2) is 72.8 Å². The van der Waals surface area contributed by atoms with Crippen LogP contribution in [0.1, 0.15) is 47.8 Å². The molecule has 3 aromatic rings. The van der Waals surface area contributed by atoms with E-state index in [4.69, 9.17) is 5.11 Å². The number of alkyl halides is 9. The van der Waals surface area contributed by atoms with Gasteiger partial charge in [0.05, 0.1) is 17.7 Å². The second kappa shape index (κ2) is 13.4. The van der Waals surface area contributed by atoms with Crippen LogP contribution >= 0.6 is 0 Å². The van der Waals surface area contributed by atoms with Crippen LogP contribution in [0.25, 0.3) is 5.57 Å². The van der Waals surface area contributed by atoms with E-state index >= 15 is 0 Å². The number of hydrogen-bond donors (Lipinski definition) is 3. The highest BCUT2D eigenvalue weighted by atomic mass is 19.4. The lowest BCUT2D eigenvalue weighted by atomic mass is 9.93. The molecule has 0 bridgehead atoms. The van der Waals surface area contributed by atoms with Crippen molar-refractivity contribution in [1.82, 2.24) is 5.32 Å². The van der Waals surface area contributed by atoms with Crippen LogP contribution in [0.3, 0.4) is 0 Å². The predicted molar refractivity (Wildman–Crippen MR) is 139 cm³/mol. The van der Waals surface area contributed by atoms with Crippen molar-refractivity contribution < 1.29 is 73.6 Å². The molecule has 3 rings (SSSR count). The van der Waals surface area contributed by atoms with Crippen LogP contribution in [0.4, 0.5) is 39.5 Å². The van der Waals surface area contributed by atoms with Crippen molar-refractivity contribution in [3.63, 3.8) is 0 Å². The number of carboxylic acids is 1. The first-order chi connectivity index (χ1) is 21.2. The van der Waals surface area contributed by atoms with E-state index in [1.807, 2.05) is 0 Å². The molecular formula is C29H18F9NO7. The molecule has 0 aliphatic rings. The standard InChI is InChI=1S/C29H18F9NO7/c30-27(31,32)18-9-17(10-19(11-18)28(33,34)35)22(40)12-21(14-5-7-20(8-6-14)46-29(36,37)38)24(42)15-1-3-16(4-2-15)25(43)39-13-23(41)26(44)45/h1-12,23,41H,13H2,(H,39,43)(H,44,45)/t23-/m1/s1. The van der Waals surface area contributed by atoms with Crippen molar-refractivity contribution in [2.24, 2.45) is 0 Å². The molecule has 0 saturated carbocycles. The Kier molecular flexibility index (Phi) is 10.3. The molecule has 0 aliphatic heterocycles. The van der Waals surface area contributed by atoms with Gasteiger partial charge in [0.25, 0.3) is 5.91 Å². The largest absolute Gasteiger partial charge is 0.573 e. The number of amides is 1. The van der Waals surface area contributed by atoms with Crippen LogP contribution in [-0.2, 0) is 17.1 Å². The third-order valence-corrected chi connectivity index (χ3v) is 5.94. The number of carbonyl (C=O) groups excluding carboxylic acids is 3. The Morgan fingerprint density at radius 1 is 0.717 bits per heavy atom. The molecule has 0 saturated heterocycles. The summed E-state index contributed by atoms with van der Waals surface area (Å²) in [5.41, 5.74) is -6.14. The van der Waals surface area contributed by atoms with Gasteiger partial charge >= 0.3 is 24.7 Å². The summed E-state index contributed by atoms with van der Waals surface area (Å²) in [7, 11) is 0. The van der Waals surface area contributed by atoms with Crippen molar-refractivity contribution in [1.29, 1.82) is 0 Å². The van der Waals surface area contributed by atoms with Crippen molar-refractivity contribution in [3.05, 3.63) is 106 Å². The minimum atomic E-state index is -5.30. The van der Waals surface area contributed by atoms with Gasteiger partial charge < -0.3 is 20.3 Å². The predicted octanol–water partition coefficient (Wildman–Crippen LogP) is 5.95. The SMILES string of the molecule is O=C(C=C(C(=O)c1ccc(C(=O)NC[C@@H](O)C(=O)O)cc1)c1ccc(OC(F)(F)F)cc1)c1cc(C(F)(F)F)cc(C(F)(F)F)c1. The minimum absolute atomic E-state index is 0.130. The summed E-state index contributed by atoms with van der Waals surface area (Å²) < 4.78 is 122. The van der Waals surface area contributed by atoms with Gasteiger partial charge in [-0.05, 0) is 54.1 Å². The molecule has 46 heavy (non-hydrogen) atoms. The summed E-state index contributed by atoms with van der Waals surface area (Å²) >= 11 is 0. The summed E-state index contributed by atoms with van der Waals surface area (Å²) in [5.74, 6) is -5.84. The molecule has 0 aromatic heterocycles. The van der Waals surface area contributed by atoms with E-state index in [1.165, 1.54) is 0 Å². The fourth-order valence-electron chi connectivity index (χ4n) is 3.73. The molecule has 0 fully saturated rings. The van der Waals surface area contributed by atoms with Crippen LogP contribution in [-0.4, -0.2) is 52.7 Å². The Morgan fingerprint density at radius 3 is 1.65 bits per heavy atom. The summed E-state index contributed by atoms with van der Waals surface area (Å²) in [4.78, 5) is 49.4. The molecule has 0 spiro atoms. The molecule has 17 heteroatoms. The quantitative estimate of drug-likeness (QED) is 0.139. The van der Waals surface area contributed by atoms with Crippen LogP contribution in [0, 0.1) is 0 Å². The number of halogens is 9. The number of Topliss-reactive ketones (excluding diaryl/α,β-unsaturated/α-hetero) is 1. The van der Waals surface area contributed by atoms with Crippen LogP contribution in [0.2, 0.25) is 0 Å². The number of aliphatic carboxylic acids is 1. The Balaban J connectivity index is 2.06. The number of carboxylic acid groups (broad SMARTS) is 1. The first kappa shape index (κ1) is 35.3. The normalized spacial score (nSPS) is 13.1. The molecule has 244 valence electrons. The lowest BCUT2D eigenvalue weighted by Crippen LogP contribution is -2.36. The molecule has 3 aromatic carbocycles. The Labute approximate surface area is 251 Å². The van der Waals surface area contributed by atoms with Gasteiger partial charge in [0.2, 0.25) is 0 Å². The number of aliphatic hydroxyl groups is 1. The number of rotatable bonds is 10. The smallest absolute Gasteiger partial charge is 0.479 e. The number of aliphatic hydroxyl groups excluding tert-OH is 1. The van der Waals surface area contributed by atoms with E-state index in [0.29, 0.717) is 6.08 Å². The molecule has 0 heterocycles. The monoisotopic (exact) mass is 663 g/mol. The van der Waals surface area contributed by atoms with Gasteiger partial charge in [-0.15, -0.1) is 13.2 Å². The van der Waals surface area contributed by atoms with E-state index in [2.05, 4.69) is 10.1 Å². The number of ether oxygens (including phenoxy) is 1. The number of allylic oxidation sites excluding steroid dienone is 2. The lowest BCUT2D eigenvalue weighted by molar-refractivity contribution is -0.274. The van der Waals surface area contributed by atoms with Crippen molar-refractivity contribution in [2.45, 2.75) is 24.8 Å². The molecule has 0 aliphatic carbocycles. The molecule has 8 nitrogen and oxygen atoms in total. The molecule has 1 atom stereocenters. The molecular weight excluding hydrogens is 645 g/mol. The van der Waals surface area contributed by atoms with E-state index in [9.17, 15) is 63.8 Å². The van der Waals surface area contributed by atoms with Gasteiger partial charge in [-0.1, -0.05) is 24.3 Å². The second-order valence-electron chi connectivity index (χ2n) is 9.26. The van der Waals surface area contributed by atoms with Crippen LogP contribution < -0.4 is 10.1 Å². The van der Waals surface area contributed by atoms with Gasteiger partial charge in [0, 0.05) is 22.3 Å². The fourth-order valence-corrected chi connectivity index (χ4v) is 3.73. The highest BCUT2D eigenvalue weighted by Gasteiger charge is 2.37. The minimum Gasteiger partial charge on any atom is -0.479 e. The van der Waals surface area contributed by atoms with Gasteiger partial charge in [0.1, 0.15) is 5.75 Å². The zero-order valence-electron chi connectivity index (χ0n) is 22.6. The highest BCUT2D eigenvalue weighted by molar-refractivity contribution is 6.32. The number of carbonyl (C=O) groups is 4. The summed E-state index contributed by atoms with van der Waals surface area (Å²) in [6.45, 7) is -0.677. The number of benzene rings is 3. The summed E-state index contributed by atoms with van der Waals surface area (Å²) in [5, 5.41) is 20.1. The number of ketones is 2. The van der Waals surface area contributed by atoms with E-state index in [1.54, 1.807) is 0 Å². The molecule has 3 N–H and O–H groups in total. The lowest BCUT2D eigenvalue weighted by Gasteiger charge is -2.14. The maximum absolute atomic E-state index is 13.5. The van der Waals surface area contributed by atoms with Crippen molar-refractivity contribution in [3.8, 4) is 5.75 Å². The zero-order chi connectivity index (χ0) is 34.6. The number of hydrogen-bond acceptors (Lipinski definition) is 6. The van der Waals surface area contributed by atoms with Gasteiger partial charge in [-0.25, -0.2) is 4.79 Å². The van der Waals surface area contributed by atoms with Crippen molar-refractivity contribution >= 4 is 29.0 Å². The van der Waals surface area contributed by atoms with E-state index < -0.39 is 82.8 Å². The highest BCUT2D eigenvalue weighted by Crippen LogP contribution is 2.37. The third-order valence-electron chi connectivity index (χ3n) is 5.94. The molecule has 0 unspecified atom stereocenters. The topological polar surface area (TPSA) is 130 Å². The van der Waals surface area contributed by atoms with Crippen LogP contribution in [0.5, 0.6) is 5.75 Å². The van der Waals surface area contributed by atoms with Gasteiger partial charge in [-0.2, -0.15) is 26.3 Å². The molecule has 0 radical (unpaired) electrons. The maximum atomic E-state index is 13.5. The average molecular weight is 663 g/mol.